The van der Waals surface area contributed by atoms with E-state index >= 15 is 0 Å². The van der Waals surface area contributed by atoms with Gasteiger partial charge in [0.1, 0.15) is 5.82 Å². The van der Waals surface area contributed by atoms with E-state index in [0.29, 0.717) is 11.5 Å². The van der Waals surface area contributed by atoms with Crippen molar-refractivity contribution in [3.8, 4) is 34.1 Å². The molecule has 50 heavy (non-hydrogen) atoms. The molecule has 0 bridgehead atoms. The van der Waals surface area contributed by atoms with Gasteiger partial charge in [-0.3, -0.25) is 4.68 Å². The molecular formula is C44H44N4OPd. The molecule has 4 aromatic carbocycles. The second-order valence-corrected chi connectivity index (χ2v) is 13.2. The Morgan fingerprint density at radius 3 is 2.20 bits per heavy atom. The van der Waals surface area contributed by atoms with Crippen LogP contribution in [-0.4, -0.2) is 19.3 Å². The van der Waals surface area contributed by atoms with Crippen LogP contribution in [0, 0.1) is 39.8 Å². The third kappa shape index (κ3) is 6.80. The van der Waals surface area contributed by atoms with Crippen molar-refractivity contribution in [3.05, 3.63) is 131 Å². The van der Waals surface area contributed by atoms with Crippen LogP contribution in [-0.2, 0) is 33.3 Å². The molecule has 0 N–H and O–H groups in total. The van der Waals surface area contributed by atoms with E-state index in [2.05, 4.69) is 131 Å². The Bertz CT molecular complexity index is 2280. The van der Waals surface area contributed by atoms with Crippen molar-refractivity contribution in [2.24, 2.45) is 0 Å². The molecule has 3 aromatic heterocycles. The fraction of sp³-hybridized carbons (Fsp3) is 0.273. The number of ether oxygens (including phenoxy) is 1. The van der Waals surface area contributed by atoms with Gasteiger partial charge in [0.2, 0.25) is 0 Å². The minimum absolute atomic E-state index is 0. The van der Waals surface area contributed by atoms with E-state index in [4.69, 9.17) is 14.8 Å². The largest absolute Gasteiger partial charge is 2.00 e. The van der Waals surface area contributed by atoms with Gasteiger partial charge >= 0.3 is 20.4 Å². The first-order valence-electron chi connectivity index (χ1n) is 17.6. The maximum Gasteiger partial charge on any atom is 2.00 e. The Kier molecular flexibility index (Phi) is 10.7. The van der Waals surface area contributed by atoms with E-state index < -0.39 is 0 Å². The van der Waals surface area contributed by atoms with Crippen LogP contribution in [0.2, 0.25) is 0 Å². The van der Waals surface area contributed by atoms with Crippen LogP contribution in [0.4, 0.5) is 0 Å². The van der Waals surface area contributed by atoms with E-state index in [1.807, 2.05) is 16.9 Å². The summed E-state index contributed by atoms with van der Waals surface area (Å²) in [6.07, 6.45) is 8.43. The number of pyridine rings is 1. The number of fused-ring (bicyclic) bond motifs is 3. The van der Waals surface area contributed by atoms with Crippen LogP contribution < -0.4 is 4.74 Å². The van der Waals surface area contributed by atoms with Gasteiger partial charge in [-0.05, 0) is 92.1 Å². The molecule has 256 valence electrons. The molecule has 0 aliphatic carbocycles. The number of nitrogens with zero attached hydrogens (tertiary/aromatic N) is 4. The Balaban J connectivity index is 0.00000432. The third-order valence-electron chi connectivity index (χ3n) is 9.59. The molecule has 6 heteroatoms. The van der Waals surface area contributed by atoms with Gasteiger partial charge in [0.15, 0.2) is 0 Å². The number of aryl methyl sites for hydroxylation is 5. The van der Waals surface area contributed by atoms with E-state index in [1.54, 1.807) is 0 Å². The zero-order chi connectivity index (χ0) is 34.1. The summed E-state index contributed by atoms with van der Waals surface area (Å²) < 4.78 is 10.9. The van der Waals surface area contributed by atoms with Gasteiger partial charge in [-0.1, -0.05) is 81.4 Å². The fourth-order valence-electron chi connectivity index (χ4n) is 7.14. The maximum atomic E-state index is 6.65. The molecule has 0 fully saturated rings. The van der Waals surface area contributed by atoms with Crippen molar-refractivity contribution in [1.82, 2.24) is 19.3 Å². The average molecular weight is 751 g/mol. The molecule has 3 heterocycles. The van der Waals surface area contributed by atoms with Crippen LogP contribution in [0.25, 0.3) is 44.4 Å². The van der Waals surface area contributed by atoms with E-state index in [9.17, 15) is 0 Å². The van der Waals surface area contributed by atoms with Gasteiger partial charge in [0, 0.05) is 34.5 Å². The van der Waals surface area contributed by atoms with Crippen molar-refractivity contribution in [1.29, 1.82) is 0 Å². The monoisotopic (exact) mass is 750 g/mol. The summed E-state index contributed by atoms with van der Waals surface area (Å²) in [6, 6.07) is 35.0. The maximum absolute atomic E-state index is 6.65. The minimum atomic E-state index is 0. The van der Waals surface area contributed by atoms with Gasteiger partial charge in [-0.25, -0.2) is 4.98 Å². The van der Waals surface area contributed by atoms with Gasteiger partial charge in [-0.15, -0.1) is 35.7 Å². The molecule has 7 rings (SSSR count). The average Bonchev–Trinajstić information content (AvgIpc) is 3.59. The van der Waals surface area contributed by atoms with Crippen LogP contribution in [0.15, 0.2) is 85.1 Å². The van der Waals surface area contributed by atoms with E-state index in [0.717, 1.165) is 77.8 Å². The van der Waals surface area contributed by atoms with Crippen molar-refractivity contribution >= 4 is 21.8 Å². The predicted octanol–water partition coefficient (Wildman–Crippen LogP) is 11.3. The second kappa shape index (κ2) is 15.2. The summed E-state index contributed by atoms with van der Waals surface area (Å²) in [5.74, 6) is 2.19. The predicted molar refractivity (Wildman–Crippen MR) is 201 cm³/mol. The molecule has 0 amide bonds. The first-order chi connectivity index (χ1) is 23.9. The molecule has 0 saturated carbocycles. The van der Waals surface area contributed by atoms with Crippen LogP contribution in [0.5, 0.6) is 11.5 Å². The van der Waals surface area contributed by atoms with Gasteiger partial charge < -0.3 is 9.30 Å². The summed E-state index contributed by atoms with van der Waals surface area (Å²) >= 11 is 0. The summed E-state index contributed by atoms with van der Waals surface area (Å²) in [6.45, 7) is 13.1. The number of hydrogen-bond acceptors (Lipinski definition) is 3. The molecule has 0 saturated heterocycles. The number of para-hydroxylation sites is 1. The molecule has 0 aliphatic rings. The van der Waals surface area contributed by atoms with Crippen molar-refractivity contribution in [2.45, 2.75) is 80.1 Å². The first-order valence-corrected chi connectivity index (χ1v) is 17.6. The quantitative estimate of drug-likeness (QED) is 0.0977. The third-order valence-corrected chi connectivity index (χ3v) is 9.59. The Labute approximate surface area is 310 Å². The molecule has 0 spiro atoms. The van der Waals surface area contributed by atoms with Gasteiger partial charge in [-0.2, -0.15) is 16.7 Å². The normalized spacial score (nSPS) is 11.3. The molecule has 0 unspecified atom stereocenters. The second-order valence-electron chi connectivity index (χ2n) is 13.2. The van der Waals surface area contributed by atoms with Crippen molar-refractivity contribution < 1.29 is 25.2 Å². The zero-order valence-electron chi connectivity index (χ0n) is 29.8. The number of aromatic nitrogens is 4. The SMILES string of the molecule is CCCCc1cc(Oc2[c-]c3c(cc2)c2ccccc2n3-c2cc(CCCC)ccn2)[c-]c(-n2nc(C)c(-c3c(C)cccc3C)c2C)c1.[Pd+2]. The molecule has 7 aromatic rings. The Morgan fingerprint density at radius 2 is 1.44 bits per heavy atom. The van der Waals surface area contributed by atoms with Crippen LogP contribution in [0.1, 0.15) is 73.2 Å². The summed E-state index contributed by atoms with van der Waals surface area (Å²) in [4.78, 5) is 4.83. The Morgan fingerprint density at radius 1 is 0.700 bits per heavy atom. The van der Waals surface area contributed by atoms with Crippen LogP contribution in [0.3, 0.4) is 0 Å². The molecular weight excluding hydrogens is 707 g/mol. The van der Waals surface area contributed by atoms with Gasteiger partial charge in [0.05, 0.1) is 5.69 Å². The van der Waals surface area contributed by atoms with Crippen molar-refractivity contribution in [3.63, 3.8) is 0 Å². The molecule has 0 radical (unpaired) electrons. The minimum Gasteiger partial charge on any atom is -0.509 e. The fourth-order valence-corrected chi connectivity index (χ4v) is 7.14. The zero-order valence-corrected chi connectivity index (χ0v) is 31.4. The molecule has 0 aliphatic heterocycles. The van der Waals surface area contributed by atoms with Gasteiger partial charge in [0.25, 0.3) is 0 Å². The number of unbranched alkanes of at least 4 members (excludes halogenated alkanes) is 2. The topological polar surface area (TPSA) is 44.9 Å². The van der Waals surface area contributed by atoms with Crippen molar-refractivity contribution in [2.75, 3.05) is 0 Å². The molecule has 5 nitrogen and oxygen atoms in total. The molecule has 0 atom stereocenters. The number of benzene rings is 4. The first kappa shape index (κ1) is 35.3. The standard InChI is InChI=1S/C44H44N4O.Pd/c1-7-9-16-33-22-23-45-42(26-33)47-40-19-12-11-18-38(40)39-21-20-36(28-41(39)47)49-37-25-34(17-10-8-2)24-35(27-37)48-32(6)44(31(5)46-48)43-29(3)14-13-15-30(43)4;/h11-15,18-26H,7-10,16-17H2,1-6H3;/q-2;+2. The van der Waals surface area contributed by atoms with E-state index in [1.165, 1.54) is 38.8 Å². The van der Waals surface area contributed by atoms with E-state index in [-0.39, 0.29) is 20.4 Å². The number of hydrogen-bond donors (Lipinski definition) is 0. The summed E-state index contributed by atoms with van der Waals surface area (Å²) in [5, 5.41) is 7.34. The number of rotatable bonds is 11. The smallest absolute Gasteiger partial charge is 0.509 e. The van der Waals surface area contributed by atoms with Crippen LogP contribution >= 0.6 is 0 Å². The summed E-state index contributed by atoms with van der Waals surface area (Å²) in [5.41, 5.74) is 12.5. The Hall–Kier alpha value is -4.50. The summed E-state index contributed by atoms with van der Waals surface area (Å²) in [7, 11) is 0.